The number of likely N-dealkylation sites (tertiary alicyclic amines) is 1. The van der Waals surface area contributed by atoms with Gasteiger partial charge in [-0.25, -0.2) is 4.98 Å². The standard InChI is InChI=1S/C22H23N3O3S/c26-20(15-28-17-6-2-1-3-7-17)25-12-10-16(11-13-25)14-23-21(27)22-24-18-8-4-5-9-19(18)29-22/h1-9,16H,10-15H2,(H,23,27). The smallest absolute Gasteiger partial charge is 0.280 e. The number of carbonyl (C=O) groups excluding carboxylic acids is 2. The minimum Gasteiger partial charge on any atom is -0.484 e. The van der Waals surface area contributed by atoms with Gasteiger partial charge in [0.1, 0.15) is 5.75 Å². The molecule has 6 nitrogen and oxygen atoms in total. The van der Waals surface area contributed by atoms with E-state index in [0.29, 0.717) is 36.3 Å². The van der Waals surface area contributed by atoms with Crippen molar-refractivity contribution in [3.63, 3.8) is 0 Å². The average molecular weight is 410 g/mol. The van der Waals surface area contributed by atoms with E-state index in [1.54, 1.807) is 0 Å². The monoisotopic (exact) mass is 409 g/mol. The van der Waals surface area contributed by atoms with Crippen LogP contribution in [0.15, 0.2) is 54.6 Å². The molecule has 1 aromatic heterocycles. The molecule has 2 amide bonds. The van der Waals surface area contributed by atoms with Gasteiger partial charge in [0.25, 0.3) is 11.8 Å². The number of hydrogen-bond acceptors (Lipinski definition) is 5. The summed E-state index contributed by atoms with van der Waals surface area (Å²) in [5.74, 6) is 0.951. The summed E-state index contributed by atoms with van der Waals surface area (Å²) in [6.45, 7) is 2.05. The van der Waals surface area contributed by atoms with Crippen LogP contribution in [0, 0.1) is 5.92 Å². The third-order valence-electron chi connectivity index (χ3n) is 5.11. The molecule has 0 bridgehead atoms. The summed E-state index contributed by atoms with van der Waals surface area (Å²) in [5, 5.41) is 3.50. The Bertz CT molecular complexity index is 948. The van der Waals surface area contributed by atoms with E-state index in [9.17, 15) is 9.59 Å². The van der Waals surface area contributed by atoms with Gasteiger partial charge in [-0.2, -0.15) is 0 Å². The molecule has 2 heterocycles. The number of nitrogens with zero attached hydrogens (tertiary/aromatic N) is 2. The van der Waals surface area contributed by atoms with Crippen LogP contribution in [0.25, 0.3) is 10.2 Å². The molecule has 0 aliphatic carbocycles. The SMILES string of the molecule is O=C(NCC1CCN(C(=O)COc2ccccc2)CC1)c1nc2ccccc2s1. The predicted molar refractivity (Wildman–Crippen MR) is 113 cm³/mol. The summed E-state index contributed by atoms with van der Waals surface area (Å²) in [7, 11) is 0. The first-order valence-electron chi connectivity index (χ1n) is 9.78. The van der Waals surface area contributed by atoms with E-state index < -0.39 is 0 Å². The normalized spacial score (nSPS) is 14.7. The van der Waals surface area contributed by atoms with Gasteiger partial charge in [-0.3, -0.25) is 9.59 Å². The number of benzene rings is 2. The number of aromatic nitrogens is 1. The maximum absolute atomic E-state index is 12.4. The van der Waals surface area contributed by atoms with E-state index in [0.717, 1.165) is 23.1 Å². The zero-order valence-corrected chi connectivity index (χ0v) is 16.9. The Kier molecular flexibility index (Phi) is 6.05. The Labute approximate surface area is 173 Å². The van der Waals surface area contributed by atoms with Crippen molar-refractivity contribution in [2.75, 3.05) is 26.2 Å². The molecule has 0 atom stereocenters. The lowest BCUT2D eigenvalue weighted by atomic mass is 9.97. The zero-order chi connectivity index (χ0) is 20.1. The molecule has 4 rings (SSSR count). The summed E-state index contributed by atoms with van der Waals surface area (Å²) >= 11 is 1.41. The highest BCUT2D eigenvalue weighted by molar-refractivity contribution is 7.20. The minimum absolute atomic E-state index is 0.00538. The third kappa shape index (κ3) is 4.92. The van der Waals surface area contributed by atoms with Gasteiger partial charge in [0.15, 0.2) is 11.6 Å². The topological polar surface area (TPSA) is 71.5 Å². The predicted octanol–water partition coefficient (Wildman–Crippen LogP) is 3.34. The maximum atomic E-state index is 12.4. The third-order valence-corrected chi connectivity index (χ3v) is 6.15. The van der Waals surface area contributed by atoms with Crippen LogP contribution >= 0.6 is 11.3 Å². The molecule has 150 valence electrons. The van der Waals surface area contributed by atoms with Crippen molar-refractivity contribution in [2.45, 2.75) is 12.8 Å². The summed E-state index contributed by atoms with van der Waals surface area (Å²) in [6, 6.07) is 17.1. The number of thiazole rings is 1. The summed E-state index contributed by atoms with van der Waals surface area (Å²) in [4.78, 5) is 31.0. The fraction of sp³-hybridized carbons (Fsp3) is 0.318. The molecule has 1 aliphatic heterocycles. The van der Waals surface area contributed by atoms with E-state index in [4.69, 9.17) is 4.74 Å². The van der Waals surface area contributed by atoms with Crippen molar-refractivity contribution >= 4 is 33.4 Å². The zero-order valence-electron chi connectivity index (χ0n) is 16.0. The van der Waals surface area contributed by atoms with E-state index in [1.165, 1.54) is 11.3 Å². The Morgan fingerprint density at radius 3 is 2.55 bits per heavy atom. The van der Waals surface area contributed by atoms with Gasteiger partial charge in [0.2, 0.25) is 0 Å². The van der Waals surface area contributed by atoms with Crippen molar-refractivity contribution < 1.29 is 14.3 Å². The molecule has 0 radical (unpaired) electrons. The second kappa shape index (κ2) is 9.05. The van der Waals surface area contributed by atoms with Crippen molar-refractivity contribution in [2.24, 2.45) is 5.92 Å². The average Bonchev–Trinajstić information content (AvgIpc) is 3.21. The molecule has 2 aromatic carbocycles. The molecule has 29 heavy (non-hydrogen) atoms. The van der Waals surface area contributed by atoms with Crippen molar-refractivity contribution in [3.8, 4) is 5.75 Å². The molecular weight excluding hydrogens is 386 g/mol. The van der Waals surface area contributed by atoms with Crippen LogP contribution in [-0.2, 0) is 4.79 Å². The lowest BCUT2D eigenvalue weighted by Gasteiger charge is -2.32. The van der Waals surface area contributed by atoms with Gasteiger partial charge in [-0.1, -0.05) is 30.3 Å². The fourth-order valence-corrected chi connectivity index (χ4v) is 4.30. The lowest BCUT2D eigenvalue weighted by molar-refractivity contribution is -0.134. The summed E-state index contributed by atoms with van der Waals surface area (Å²) in [5.41, 5.74) is 0.854. The highest BCUT2D eigenvalue weighted by Crippen LogP contribution is 2.22. The Hall–Kier alpha value is -2.93. The summed E-state index contributed by atoms with van der Waals surface area (Å²) in [6.07, 6.45) is 1.74. The minimum atomic E-state index is -0.124. The molecule has 0 spiro atoms. The van der Waals surface area contributed by atoms with Crippen LogP contribution in [0.2, 0.25) is 0 Å². The Morgan fingerprint density at radius 2 is 1.79 bits per heavy atom. The van der Waals surface area contributed by atoms with Crippen LogP contribution in [0.1, 0.15) is 22.6 Å². The highest BCUT2D eigenvalue weighted by atomic mass is 32.1. The molecule has 7 heteroatoms. The van der Waals surface area contributed by atoms with Crippen LogP contribution in [-0.4, -0.2) is 47.9 Å². The number of hydrogen-bond donors (Lipinski definition) is 1. The number of para-hydroxylation sites is 2. The first-order valence-corrected chi connectivity index (χ1v) is 10.6. The van der Waals surface area contributed by atoms with Gasteiger partial charge < -0.3 is 15.0 Å². The highest BCUT2D eigenvalue weighted by Gasteiger charge is 2.24. The van der Waals surface area contributed by atoms with Crippen molar-refractivity contribution in [3.05, 3.63) is 59.6 Å². The van der Waals surface area contributed by atoms with Gasteiger partial charge in [-0.15, -0.1) is 11.3 Å². The van der Waals surface area contributed by atoms with Crippen molar-refractivity contribution in [1.29, 1.82) is 0 Å². The maximum Gasteiger partial charge on any atom is 0.280 e. The fourth-order valence-electron chi connectivity index (χ4n) is 3.42. The number of rotatable bonds is 6. The summed E-state index contributed by atoms with van der Waals surface area (Å²) < 4.78 is 6.56. The largest absolute Gasteiger partial charge is 0.484 e. The van der Waals surface area contributed by atoms with Crippen LogP contribution < -0.4 is 10.1 Å². The van der Waals surface area contributed by atoms with E-state index >= 15 is 0 Å². The van der Waals surface area contributed by atoms with Gasteiger partial charge in [0.05, 0.1) is 10.2 Å². The number of amides is 2. The molecular formula is C22H23N3O3S. The second-order valence-electron chi connectivity index (χ2n) is 7.12. The van der Waals surface area contributed by atoms with Crippen LogP contribution in [0.3, 0.4) is 0 Å². The van der Waals surface area contributed by atoms with Gasteiger partial charge in [-0.05, 0) is 43.0 Å². The number of piperidine rings is 1. The quantitative estimate of drug-likeness (QED) is 0.678. The van der Waals surface area contributed by atoms with Gasteiger partial charge in [0, 0.05) is 19.6 Å². The molecule has 1 aliphatic rings. The first kappa shape index (κ1) is 19.4. The molecule has 1 fully saturated rings. The Morgan fingerprint density at radius 1 is 1.07 bits per heavy atom. The second-order valence-corrected chi connectivity index (χ2v) is 8.15. The molecule has 1 N–H and O–H groups in total. The number of ether oxygens (including phenoxy) is 1. The molecule has 1 saturated heterocycles. The first-order chi connectivity index (χ1) is 14.2. The van der Waals surface area contributed by atoms with Gasteiger partial charge >= 0.3 is 0 Å². The van der Waals surface area contributed by atoms with Crippen molar-refractivity contribution in [1.82, 2.24) is 15.2 Å². The molecule has 3 aromatic rings. The number of fused-ring (bicyclic) bond motifs is 1. The van der Waals surface area contributed by atoms with E-state index in [1.807, 2.05) is 59.5 Å². The lowest BCUT2D eigenvalue weighted by Crippen LogP contribution is -2.43. The Balaban J connectivity index is 1.20. The molecule has 0 saturated carbocycles. The molecule has 0 unspecified atom stereocenters. The van der Waals surface area contributed by atoms with Crippen LogP contribution in [0.5, 0.6) is 5.75 Å². The van der Waals surface area contributed by atoms with E-state index in [2.05, 4.69) is 10.3 Å². The van der Waals surface area contributed by atoms with Crippen LogP contribution in [0.4, 0.5) is 0 Å². The number of nitrogens with one attached hydrogen (secondary N) is 1. The van der Waals surface area contributed by atoms with E-state index in [-0.39, 0.29) is 18.4 Å². The number of carbonyl (C=O) groups is 2.